The van der Waals surface area contributed by atoms with Crippen LogP contribution >= 0.6 is 11.8 Å². The third-order valence-electron chi connectivity index (χ3n) is 4.51. The lowest BCUT2D eigenvalue weighted by Gasteiger charge is -2.12. The van der Waals surface area contributed by atoms with E-state index in [9.17, 15) is 0 Å². The van der Waals surface area contributed by atoms with E-state index in [-0.39, 0.29) is 0 Å². The summed E-state index contributed by atoms with van der Waals surface area (Å²) in [6.45, 7) is 1.46. The van der Waals surface area contributed by atoms with E-state index >= 15 is 0 Å². The Labute approximate surface area is 181 Å². The third kappa shape index (κ3) is 5.64. The van der Waals surface area contributed by atoms with Crippen LogP contribution in [0.1, 0.15) is 12.0 Å². The zero-order chi connectivity index (χ0) is 21.2. The Morgan fingerprint density at radius 3 is 2.50 bits per heavy atom. The molecule has 30 heavy (non-hydrogen) atoms. The molecule has 0 fully saturated rings. The summed E-state index contributed by atoms with van der Waals surface area (Å²) in [6, 6.07) is 16.1. The summed E-state index contributed by atoms with van der Waals surface area (Å²) in [6.07, 6.45) is 5.14. The molecule has 0 radical (unpaired) electrons. The Kier molecular flexibility index (Phi) is 8.35. The Hall–Kier alpha value is -2.77. The normalized spacial score (nSPS) is 11.2. The van der Waals surface area contributed by atoms with Crippen LogP contribution in [0, 0.1) is 0 Å². The van der Waals surface area contributed by atoms with Crippen LogP contribution in [0.5, 0.6) is 11.5 Å². The van der Waals surface area contributed by atoms with Gasteiger partial charge in [0.25, 0.3) is 0 Å². The molecule has 3 aromatic rings. The van der Waals surface area contributed by atoms with Crippen molar-refractivity contribution in [2.45, 2.75) is 18.1 Å². The molecule has 0 saturated carbocycles. The average molecular weight is 426 g/mol. The second-order valence-electron chi connectivity index (χ2n) is 6.50. The minimum absolute atomic E-state index is 0.668. The highest BCUT2D eigenvalue weighted by atomic mass is 32.2. The van der Waals surface area contributed by atoms with Gasteiger partial charge in [0.15, 0.2) is 22.5 Å². The highest BCUT2D eigenvalue weighted by molar-refractivity contribution is 7.99. The lowest BCUT2D eigenvalue weighted by atomic mass is 10.2. The molecule has 0 bridgehead atoms. The van der Waals surface area contributed by atoms with E-state index in [0.717, 1.165) is 35.3 Å². The second-order valence-corrected chi connectivity index (χ2v) is 7.49. The van der Waals surface area contributed by atoms with E-state index in [1.165, 1.54) is 5.56 Å². The Balaban J connectivity index is 1.80. The first-order valence-electron chi connectivity index (χ1n) is 9.75. The fraction of sp³-hybridized carbons (Fsp3) is 0.304. The maximum atomic E-state index is 5.45. The van der Waals surface area contributed by atoms with Crippen LogP contribution in [0.4, 0.5) is 0 Å². The molecule has 0 aliphatic rings. The molecular formula is C23H27N3O3S. The van der Waals surface area contributed by atoms with Gasteiger partial charge < -0.3 is 18.8 Å². The zero-order valence-electron chi connectivity index (χ0n) is 17.6. The first kappa shape index (κ1) is 21.9. The molecule has 0 spiro atoms. The number of ether oxygens (including phenoxy) is 3. The van der Waals surface area contributed by atoms with Crippen molar-refractivity contribution < 1.29 is 14.2 Å². The summed E-state index contributed by atoms with van der Waals surface area (Å²) in [5.41, 5.74) is 2.12. The summed E-state index contributed by atoms with van der Waals surface area (Å²) in [5, 5.41) is 9.79. The van der Waals surface area contributed by atoms with Crippen LogP contribution < -0.4 is 9.47 Å². The van der Waals surface area contributed by atoms with Gasteiger partial charge in [-0.15, -0.1) is 10.2 Å². The van der Waals surface area contributed by atoms with Crippen molar-refractivity contribution in [2.75, 3.05) is 33.7 Å². The first-order chi connectivity index (χ1) is 14.8. The lowest BCUT2D eigenvalue weighted by molar-refractivity contribution is 0.189. The Morgan fingerprint density at radius 1 is 0.967 bits per heavy atom. The molecular weight excluding hydrogens is 398 g/mol. The SMILES string of the molecule is COCCCn1c(SC/C=C/c2ccccc2)nnc1-c1ccc(OC)c(OC)c1. The van der Waals surface area contributed by atoms with Gasteiger partial charge in [-0.2, -0.15) is 0 Å². The topological polar surface area (TPSA) is 58.4 Å². The molecule has 0 unspecified atom stereocenters. The van der Waals surface area contributed by atoms with Crippen LogP contribution in [0.15, 0.2) is 59.8 Å². The van der Waals surface area contributed by atoms with E-state index in [1.807, 2.05) is 36.4 Å². The predicted molar refractivity (Wildman–Crippen MR) is 121 cm³/mol. The van der Waals surface area contributed by atoms with Crippen molar-refractivity contribution in [2.24, 2.45) is 0 Å². The zero-order valence-corrected chi connectivity index (χ0v) is 18.4. The van der Waals surface area contributed by atoms with Crippen molar-refractivity contribution in [1.29, 1.82) is 0 Å². The van der Waals surface area contributed by atoms with Crippen LogP contribution in [0.2, 0.25) is 0 Å². The fourth-order valence-electron chi connectivity index (χ4n) is 3.02. The molecule has 0 aliphatic heterocycles. The quantitative estimate of drug-likeness (QED) is 0.325. The summed E-state index contributed by atoms with van der Waals surface area (Å²) in [7, 11) is 4.97. The number of benzene rings is 2. The van der Waals surface area contributed by atoms with Gasteiger partial charge in [0.1, 0.15) is 0 Å². The van der Waals surface area contributed by atoms with Crippen molar-refractivity contribution in [1.82, 2.24) is 14.8 Å². The summed E-state index contributed by atoms with van der Waals surface area (Å²) in [4.78, 5) is 0. The number of rotatable bonds is 11. The van der Waals surface area contributed by atoms with Gasteiger partial charge in [-0.25, -0.2) is 0 Å². The molecule has 6 nitrogen and oxygen atoms in total. The van der Waals surface area contributed by atoms with E-state index < -0.39 is 0 Å². The molecule has 0 aliphatic carbocycles. The van der Waals surface area contributed by atoms with E-state index in [2.05, 4.69) is 39.0 Å². The number of hydrogen-bond donors (Lipinski definition) is 0. The number of thioether (sulfide) groups is 1. The van der Waals surface area contributed by atoms with Gasteiger partial charge in [0.2, 0.25) is 0 Å². The van der Waals surface area contributed by atoms with Gasteiger partial charge in [-0.05, 0) is 30.2 Å². The molecule has 2 aromatic carbocycles. The summed E-state index contributed by atoms with van der Waals surface area (Å²) >= 11 is 1.66. The predicted octanol–water partition coefficient (Wildman–Crippen LogP) is 4.80. The maximum absolute atomic E-state index is 5.45. The first-order valence-corrected chi connectivity index (χ1v) is 10.7. The molecule has 0 amide bonds. The van der Waals surface area contributed by atoms with Crippen LogP contribution in [0.25, 0.3) is 17.5 Å². The monoisotopic (exact) mass is 425 g/mol. The number of hydrogen-bond acceptors (Lipinski definition) is 6. The van der Waals surface area contributed by atoms with Gasteiger partial charge in [-0.3, -0.25) is 0 Å². The second kappa shape index (κ2) is 11.4. The fourth-order valence-corrected chi connectivity index (χ4v) is 3.80. The Bertz CT molecular complexity index is 958. The number of methoxy groups -OCH3 is 3. The lowest BCUT2D eigenvalue weighted by Crippen LogP contribution is -2.05. The molecule has 1 heterocycles. The molecule has 0 N–H and O–H groups in total. The van der Waals surface area contributed by atoms with Crippen molar-refractivity contribution in [3.63, 3.8) is 0 Å². The highest BCUT2D eigenvalue weighted by Gasteiger charge is 2.16. The molecule has 7 heteroatoms. The van der Waals surface area contributed by atoms with Gasteiger partial charge in [0, 0.05) is 31.6 Å². The van der Waals surface area contributed by atoms with Gasteiger partial charge in [-0.1, -0.05) is 54.2 Å². The number of aromatic nitrogens is 3. The highest BCUT2D eigenvalue weighted by Crippen LogP contribution is 2.33. The van der Waals surface area contributed by atoms with E-state index in [4.69, 9.17) is 14.2 Å². The van der Waals surface area contributed by atoms with Crippen molar-refractivity contribution in [3.05, 3.63) is 60.2 Å². The van der Waals surface area contributed by atoms with Crippen LogP contribution in [-0.2, 0) is 11.3 Å². The molecule has 0 atom stereocenters. The summed E-state index contributed by atoms with van der Waals surface area (Å²) in [5.74, 6) is 2.97. The molecule has 3 rings (SSSR count). The van der Waals surface area contributed by atoms with E-state index in [0.29, 0.717) is 18.1 Å². The maximum Gasteiger partial charge on any atom is 0.191 e. The molecule has 1 aromatic heterocycles. The Morgan fingerprint density at radius 2 is 1.77 bits per heavy atom. The standard InChI is InChI=1S/C23H27N3O3S/c1-27-15-8-14-26-22(19-12-13-20(28-2)21(17-19)29-3)24-25-23(26)30-16-7-11-18-9-5-4-6-10-18/h4-7,9-13,17H,8,14-16H2,1-3H3/b11-7+. The minimum Gasteiger partial charge on any atom is -0.493 e. The molecule has 158 valence electrons. The van der Waals surface area contributed by atoms with Crippen LogP contribution in [0.3, 0.4) is 0 Å². The number of nitrogens with zero attached hydrogens (tertiary/aromatic N) is 3. The molecule has 0 saturated heterocycles. The smallest absolute Gasteiger partial charge is 0.191 e. The van der Waals surface area contributed by atoms with E-state index in [1.54, 1.807) is 33.1 Å². The van der Waals surface area contributed by atoms with Crippen molar-refractivity contribution >= 4 is 17.8 Å². The van der Waals surface area contributed by atoms with Gasteiger partial charge in [0.05, 0.1) is 14.2 Å². The van der Waals surface area contributed by atoms with Crippen LogP contribution in [-0.4, -0.2) is 48.5 Å². The largest absolute Gasteiger partial charge is 0.493 e. The van der Waals surface area contributed by atoms with Crippen molar-refractivity contribution in [3.8, 4) is 22.9 Å². The third-order valence-corrected chi connectivity index (χ3v) is 5.43. The van der Waals surface area contributed by atoms with Gasteiger partial charge >= 0.3 is 0 Å². The summed E-state index contributed by atoms with van der Waals surface area (Å²) < 4.78 is 18.2. The minimum atomic E-state index is 0.668. The average Bonchev–Trinajstić information content (AvgIpc) is 3.19.